The maximum atomic E-state index is 12.8. The number of ether oxygens (including phenoxy) is 1. The predicted octanol–water partition coefficient (Wildman–Crippen LogP) is 2.51. The van der Waals surface area contributed by atoms with E-state index in [-0.39, 0.29) is 23.6 Å². The molecule has 1 aromatic carbocycles. The van der Waals surface area contributed by atoms with Crippen molar-refractivity contribution in [2.24, 2.45) is 0 Å². The lowest BCUT2D eigenvalue weighted by Gasteiger charge is -2.12. The molecule has 0 saturated heterocycles. The fourth-order valence-electron chi connectivity index (χ4n) is 2.90. The van der Waals surface area contributed by atoms with Crippen LogP contribution in [0.15, 0.2) is 45.7 Å². The molecule has 3 aromatic rings. The Morgan fingerprint density at radius 3 is 2.71 bits per heavy atom. The van der Waals surface area contributed by atoms with Gasteiger partial charge >= 0.3 is 0 Å². The van der Waals surface area contributed by atoms with Crippen LogP contribution >= 0.6 is 23.1 Å². The highest BCUT2D eigenvalue weighted by molar-refractivity contribution is 7.99. The third-order valence-electron chi connectivity index (χ3n) is 4.32. The molecule has 0 aliphatic heterocycles. The summed E-state index contributed by atoms with van der Waals surface area (Å²) < 4.78 is 7.45. The smallest absolute Gasteiger partial charge is 0.272 e. The number of carbonyl (C=O) groups excluding carboxylic acids is 2. The van der Waals surface area contributed by atoms with Crippen molar-refractivity contribution in [1.29, 1.82) is 0 Å². The van der Waals surface area contributed by atoms with Crippen LogP contribution in [0.1, 0.15) is 26.2 Å². The van der Waals surface area contributed by atoms with Gasteiger partial charge in [0, 0.05) is 18.2 Å². The van der Waals surface area contributed by atoms with E-state index in [2.05, 4.69) is 10.3 Å². The first kappa shape index (κ1) is 22.8. The monoisotopic (exact) mass is 460 g/mol. The second-order valence-electron chi connectivity index (χ2n) is 6.61. The van der Waals surface area contributed by atoms with Gasteiger partial charge in [-0.05, 0) is 61.9 Å². The number of unbranched alkanes of at least 4 members (excludes halogenated alkanes) is 1. The minimum absolute atomic E-state index is 0.0591. The van der Waals surface area contributed by atoms with Crippen LogP contribution in [-0.2, 0) is 16.1 Å². The molecule has 3 rings (SSSR count). The zero-order valence-electron chi connectivity index (χ0n) is 17.0. The number of fused-ring (bicyclic) bond motifs is 1. The van der Waals surface area contributed by atoms with Crippen molar-refractivity contribution in [2.75, 3.05) is 17.7 Å². The molecule has 0 atom stereocenters. The number of thiophene rings is 1. The van der Waals surface area contributed by atoms with Crippen LogP contribution in [-0.4, -0.2) is 33.8 Å². The third kappa shape index (κ3) is 6.31. The fraction of sp³-hybridized carbons (Fsp3) is 0.333. The van der Waals surface area contributed by atoms with Crippen molar-refractivity contribution in [3.05, 3.63) is 46.1 Å². The van der Waals surface area contributed by atoms with Crippen molar-refractivity contribution in [3.8, 4) is 5.75 Å². The molecule has 10 heteroatoms. The lowest BCUT2D eigenvalue weighted by atomic mass is 10.2. The van der Waals surface area contributed by atoms with E-state index in [1.54, 1.807) is 35.7 Å². The second-order valence-corrected chi connectivity index (χ2v) is 8.47. The summed E-state index contributed by atoms with van der Waals surface area (Å²) in [6, 6.07) is 8.85. The van der Waals surface area contributed by atoms with Crippen molar-refractivity contribution >= 4 is 50.9 Å². The number of amides is 1. The summed E-state index contributed by atoms with van der Waals surface area (Å²) in [5, 5.41) is 15.7. The van der Waals surface area contributed by atoms with Crippen LogP contribution < -0.4 is 20.7 Å². The van der Waals surface area contributed by atoms with Crippen LogP contribution in [0.5, 0.6) is 5.75 Å². The van der Waals surface area contributed by atoms with E-state index in [0.717, 1.165) is 5.75 Å². The lowest BCUT2D eigenvalue weighted by molar-refractivity contribution is -0.305. The number of thioether (sulfide) groups is 1. The average molecular weight is 461 g/mol. The largest absolute Gasteiger partial charge is 0.550 e. The fourth-order valence-corrected chi connectivity index (χ4v) is 4.50. The molecule has 0 unspecified atom stereocenters. The van der Waals surface area contributed by atoms with Crippen molar-refractivity contribution < 1.29 is 19.4 Å². The van der Waals surface area contributed by atoms with Gasteiger partial charge in [0.05, 0.1) is 17.9 Å². The number of carboxylic acid groups (broad SMARTS) is 1. The minimum atomic E-state index is -1.11. The summed E-state index contributed by atoms with van der Waals surface area (Å²) in [6.45, 7) is 2.80. The lowest BCUT2D eigenvalue weighted by Crippen LogP contribution is -2.24. The number of aliphatic carboxylic acids is 1. The Hall–Kier alpha value is -2.85. The molecule has 2 aromatic heterocycles. The molecule has 0 bridgehead atoms. The number of nitrogens with one attached hydrogen (secondary N) is 1. The number of hydrogen-bond donors (Lipinski definition) is 1. The molecule has 31 heavy (non-hydrogen) atoms. The quantitative estimate of drug-likeness (QED) is 0.266. The van der Waals surface area contributed by atoms with E-state index in [1.165, 1.54) is 27.7 Å². The summed E-state index contributed by atoms with van der Waals surface area (Å²) in [4.78, 5) is 40.4. The Morgan fingerprint density at radius 1 is 1.23 bits per heavy atom. The van der Waals surface area contributed by atoms with Crippen molar-refractivity contribution in [2.45, 2.75) is 37.9 Å². The summed E-state index contributed by atoms with van der Waals surface area (Å²) >= 11 is 2.49. The Kier molecular flexibility index (Phi) is 8.07. The number of rotatable bonds is 11. The van der Waals surface area contributed by atoms with Crippen molar-refractivity contribution in [1.82, 2.24) is 9.55 Å². The van der Waals surface area contributed by atoms with Gasteiger partial charge in [-0.2, -0.15) is 0 Å². The summed E-state index contributed by atoms with van der Waals surface area (Å²) in [6.07, 6.45) is 0.842. The van der Waals surface area contributed by atoms with Crippen LogP contribution in [0.3, 0.4) is 0 Å². The van der Waals surface area contributed by atoms with Gasteiger partial charge in [-0.3, -0.25) is 14.2 Å². The highest BCUT2D eigenvalue weighted by Gasteiger charge is 2.14. The first-order chi connectivity index (χ1) is 15.0. The molecule has 1 N–H and O–H groups in total. The van der Waals surface area contributed by atoms with E-state index in [0.29, 0.717) is 47.1 Å². The zero-order chi connectivity index (χ0) is 22.2. The average Bonchev–Trinajstić information content (AvgIpc) is 3.21. The number of nitrogens with zero attached hydrogens (tertiary/aromatic N) is 2. The number of carboxylic acids is 1. The molecule has 0 aliphatic carbocycles. The highest BCUT2D eigenvalue weighted by atomic mass is 32.2. The standard InChI is InChI=1S/C21H23N3O5S2/c1-2-29-15-8-6-14(7-9-15)22-17(25)13-31-21-23-16-10-12-30-19(16)20(28)24(21)11-4-3-5-18(26)27/h6-10,12H,2-5,11,13H2,1H3,(H,22,25)(H,26,27)/p-1. The molecule has 0 fully saturated rings. The zero-order valence-corrected chi connectivity index (χ0v) is 18.6. The number of aromatic nitrogens is 2. The topological polar surface area (TPSA) is 113 Å². The number of hydrogen-bond acceptors (Lipinski definition) is 8. The molecule has 0 radical (unpaired) electrons. The summed E-state index contributed by atoms with van der Waals surface area (Å²) in [5.74, 6) is -0.531. The Balaban J connectivity index is 1.67. The number of benzene rings is 1. The highest BCUT2D eigenvalue weighted by Crippen LogP contribution is 2.22. The van der Waals surface area contributed by atoms with Gasteiger partial charge < -0.3 is 20.0 Å². The maximum Gasteiger partial charge on any atom is 0.272 e. The summed E-state index contributed by atoms with van der Waals surface area (Å²) in [7, 11) is 0. The predicted molar refractivity (Wildman–Crippen MR) is 120 cm³/mol. The van der Waals surface area contributed by atoms with Crippen LogP contribution in [0.4, 0.5) is 5.69 Å². The normalized spacial score (nSPS) is 10.9. The van der Waals surface area contributed by atoms with Crippen LogP contribution in [0.2, 0.25) is 0 Å². The maximum absolute atomic E-state index is 12.8. The molecule has 0 spiro atoms. The second kappa shape index (κ2) is 11.0. The molecular weight excluding hydrogens is 438 g/mol. The van der Waals surface area contributed by atoms with Gasteiger partial charge in [0.25, 0.3) is 5.56 Å². The van der Waals surface area contributed by atoms with Gasteiger partial charge in [-0.1, -0.05) is 11.8 Å². The van der Waals surface area contributed by atoms with Crippen LogP contribution in [0, 0.1) is 0 Å². The molecule has 2 heterocycles. The van der Waals surface area contributed by atoms with E-state index in [4.69, 9.17) is 4.74 Å². The van der Waals surface area contributed by atoms with E-state index >= 15 is 0 Å². The van der Waals surface area contributed by atoms with E-state index in [1.807, 2.05) is 6.92 Å². The molecule has 164 valence electrons. The summed E-state index contributed by atoms with van der Waals surface area (Å²) in [5.41, 5.74) is 1.06. The van der Waals surface area contributed by atoms with Gasteiger partial charge in [0.1, 0.15) is 10.4 Å². The number of anilines is 1. The van der Waals surface area contributed by atoms with E-state index < -0.39 is 5.97 Å². The van der Waals surface area contributed by atoms with Gasteiger partial charge in [-0.15, -0.1) is 11.3 Å². The first-order valence-corrected chi connectivity index (χ1v) is 11.7. The third-order valence-corrected chi connectivity index (χ3v) is 6.19. The van der Waals surface area contributed by atoms with E-state index in [9.17, 15) is 19.5 Å². The molecule has 0 aliphatic rings. The van der Waals surface area contributed by atoms with Crippen molar-refractivity contribution in [3.63, 3.8) is 0 Å². The minimum Gasteiger partial charge on any atom is -0.550 e. The van der Waals surface area contributed by atoms with Gasteiger partial charge in [-0.25, -0.2) is 4.98 Å². The Labute approximate surface area is 187 Å². The molecule has 8 nitrogen and oxygen atoms in total. The van der Waals surface area contributed by atoms with Gasteiger partial charge in [0.15, 0.2) is 5.16 Å². The Morgan fingerprint density at radius 2 is 2.00 bits per heavy atom. The first-order valence-electron chi connectivity index (χ1n) is 9.81. The van der Waals surface area contributed by atoms with Crippen LogP contribution in [0.25, 0.3) is 10.2 Å². The Bertz CT molecular complexity index is 1110. The van der Waals surface area contributed by atoms with Gasteiger partial charge in [0.2, 0.25) is 5.91 Å². The molecular formula is C21H22N3O5S2-. The molecule has 0 saturated carbocycles. The molecule has 1 amide bonds. The number of carbonyl (C=O) groups is 2. The SMILES string of the molecule is CCOc1ccc(NC(=O)CSc2nc3ccsc3c(=O)n2CCCCC(=O)[O-])cc1.